The standard InChI is InChI=1S/C37H48ClFO3/c1-31(2)14-16-36-17-15-35(7)34(6)13-12-25-32(3,4)29(40)23(18-22-8-10-24(38)11-9-22)20-33(25,5)26(34)19-28(39)37(35,27(36)21-31)42-30(36)41/h8-11,18,25-28H,12-17,19-21H2,1-7H3/b23-18+/t25-,26+,27+,28+,33-,34+,35-,36-,37+/m0/s1. The summed E-state index contributed by atoms with van der Waals surface area (Å²) in [7, 11) is 0. The van der Waals surface area contributed by atoms with Crippen LogP contribution in [0.15, 0.2) is 29.8 Å². The van der Waals surface area contributed by atoms with Gasteiger partial charge in [0.25, 0.3) is 0 Å². The molecule has 0 amide bonds. The number of ketones is 1. The van der Waals surface area contributed by atoms with E-state index in [4.69, 9.17) is 16.3 Å². The van der Waals surface area contributed by atoms with Crippen molar-refractivity contribution in [3.63, 3.8) is 0 Å². The summed E-state index contributed by atoms with van der Waals surface area (Å²) in [5.41, 5.74) is -1.15. The average molecular weight is 595 g/mol. The van der Waals surface area contributed by atoms with Crippen molar-refractivity contribution in [1.29, 1.82) is 0 Å². The summed E-state index contributed by atoms with van der Waals surface area (Å²) < 4.78 is 24.1. The van der Waals surface area contributed by atoms with Gasteiger partial charge in [0, 0.05) is 21.8 Å². The Morgan fingerprint density at radius 1 is 0.881 bits per heavy atom. The molecule has 9 atom stereocenters. The van der Waals surface area contributed by atoms with Crippen molar-refractivity contribution in [3.8, 4) is 0 Å². The fourth-order valence-electron chi connectivity index (χ4n) is 12.5. The molecule has 5 saturated carbocycles. The Balaban J connectivity index is 1.34. The zero-order valence-electron chi connectivity index (χ0n) is 26.5. The van der Waals surface area contributed by atoms with E-state index in [1.807, 2.05) is 30.3 Å². The van der Waals surface area contributed by atoms with Crippen molar-refractivity contribution < 1.29 is 18.7 Å². The summed E-state index contributed by atoms with van der Waals surface area (Å²) in [5.74, 6) is 0.288. The molecule has 1 aliphatic heterocycles. The third-order valence-electron chi connectivity index (χ3n) is 14.8. The normalized spacial score (nSPS) is 49.4. The summed E-state index contributed by atoms with van der Waals surface area (Å²) in [4.78, 5) is 27.9. The molecule has 6 fully saturated rings. The molecule has 6 aliphatic rings. The maximum Gasteiger partial charge on any atom is 0.313 e. The summed E-state index contributed by atoms with van der Waals surface area (Å²) in [6, 6.07) is 7.66. The van der Waals surface area contributed by atoms with Gasteiger partial charge in [-0.25, -0.2) is 4.39 Å². The van der Waals surface area contributed by atoms with E-state index >= 15 is 4.39 Å². The number of alkyl halides is 1. The molecule has 1 aromatic rings. The second-order valence-corrected chi connectivity index (χ2v) is 17.7. The first-order valence-electron chi connectivity index (χ1n) is 16.4. The van der Waals surface area contributed by atoms with Crippen molar-refractivity contribution in [2.24, 2.45) is 50.2 Å². The molecule has 1 heterocycles. The van der Waals surface area contributed by atoms with Crippen molar-refractivity contribution in [3.05, 3.63) is 40.4 Å². The maximum absolute atomic E-state index is 17.5. The van der Waals surface area contributed by atoms with Gasteiger partial charge in [-0.05, 0) is 115 Å². The first-order chi connectivity index (χ1) is 19.5. The molecule has 7 rings (SSSR count). The molecule has 1 aromatic carbocycles. The van der Waals surface area contributed by atoms with Crippen molar-refractivity contribution in [1.82, 2.24) is 0 Å². The lowest BCUT2D eigenvalue weighted by molar-refractivity contribution is -0.299. The van der Waals surface area contributed by atoms with Gasteiger partial charge in [-0.1, -0.05) is 72.2 Å². The van der Waals surface area contributed by atoms with E-state index in [2.05, 4.69) is 48.5 Å². The Morgan fingerprint density at radius 3 is 2.24 bits per heavy atom. The second-order valence-electron chi connectivity index (χ2n) is 17.3. The third-order valence-corrected chi connectivity index (χ3v) is 15.1. The molecule has 0 N–H and O–H groups in total. The zero-order chi connectivity index (χ0) is 30.3. The van der Waals surface area contributed by atoms with Crippen LogP contribution in [-0.4, -0.2) is 23.5 Å². The van der Waals surface area contributed by atoms with Gasteiger partial charge in [-0.2, -0.15) is 0 Å². The number of halogens is 2. The first-order valence-corrected chi connectivity index (χ1v) is 16.7. The first kappa shape index (κ1) is 29.1. The summed E-state index contributed by atoms with van der Waals surface area (Å²) in [6.07, 6.45) is 8.09. The molecular formula is C37H48ClFO3. The van der Waals surface area contributed by atoms with Crippen molar-refractivity contribution in [2.45, 2.75) is 118 Å². The van der Waals surface area contributed by atoms with Gasteiger partial charge in [0.1, 0.15) is 6.17 Å². The van der Waals surface area contributed by atoms with Gasteiger partial charge in [0.05, 0.1) is 5.41 Å². The monoisotopic (exact) mass is 594 g/mol. The third kappa shape index (κ3) is 3.29. The van der Waals surface area contributed by atoms with Crippen LogP contribution in [0.2, 0.25) is 5.02 Å². The highest BCUT2D eigenvalue weighted by atomic mass is 35.5. The average Bonchev–Trinajstić information content (AvgIpc) is 3.10. The highest BCUT2D eigenvalue weighted by Gasteiger charge is 2.84. The molecule has 1 spiro atoms. The summed E-state index contributed by atoms with van der Waals surface area (Å²) in [6.45, 7) is 15.9. The van der Waals surface area contributed by atoms with E-state index in [0.717, 1.165) is 56.1 Å². The quantitative estimate of drug-likeness (QED) is 0.240. The van der Waals surface area contributed by atoms with E-state index in [1.165, 1.54) is 0 Å². The van der Waals surface area contributed by atoms with Crippen LogP contribution in [0.25, 0.3) is 6.08 Å². The molecule has 0 unspecified atom stereocenters. The number of hydrogen-bond donors (Lipinski definition) is 0. The summed E-state index contributed by atoms with van der Waals surface area (Å²) >= 11 is 6.15. The van der Waals surface area contributed by atoms with Crippen LogP contribution in [0.3, 0.4) is 0 Å². The molecule has 42 heavy (non-hydrogen) atoms. The highest BCUT2D eigenvalue weighted by Crippen LogP contribution is 2.81. The zero-order valence-corrected chi connectivity index (χ0v) is 27.3. The largest absolute Gasteiger partial charge is 0.455 e. The van der Waals surface area contributed by atoms with Crippen LogP contribution in [-0.2, 0) is 14.3 Å². The van der Waals surface area contributed by atoms with Gasteiger partial charge in [0.2, 0.25) is 0 Å². The van der Waals surface area contributed by atoms with Gasteiger partial charge in [0.15, 0.2) is 11.4 Å². The molecular weight excluding hydrogens is 547 g/mol. The number of ether oxygens (including phenoxy) is 1. The number of fused-ring (bicyclic) bond motifs is 4. The predicted octanol–water partition coefficient (Wildman–Crippen LogP) is 9.41. The lowest BCUT2D eigenvalue weighted by Crippen LogP contribution is -2.75. The molecule has 5 aliphatic carbocycles. The number of hydrogen-bond acceptors (Lipinski definition) is 3. The minimum absolute atomic E-state index is 0.0666. The minimum atomic E-state index is -1.20. The number of rotatable bonds is 1. The van der Waals surface area contributed by atoms with E-state index in [1.54, 1.807) is 0 Å². The Bertz CT molecular complexity index is 1400. The topological polar surface area (TPSA) is 43.4 Å². The van der Waals surface area contributed by atoms with Gasteiger partial charge in [-0.15, -0.1) is 0 Å². The molecule has 2 bridgehead atoms. The van der Waals surface area contributed by atoms with E-state index < -0.39 is 28.0 Å². The Hall–Kier alpha value is -1.68. The SMILES string of the molecule is CC1(C)CC[C@@]23CC[C@]4(C)[C@](OC2=O)([C@H](F)C[C@@H]2[C@@]5(C)C/C(=C\c6ccc(Cl)cc6)C(=O)C(C)(C)[C@@H]5CC[C@]24C)[C@@H]3C1. The smallest absolute Gasteiger partial charge is 0.313 e. The molecule has 0 radical (unpaired) electrons. The molecule has 3 nitrogen and oxygen atoms in total. The number of esters is 1. The van der Waals surface area contributed by atoms with Crippen LogP contribution >= 0.6 is 11.6 Å². The Kier molecular flexibility index (Phi) is 5.89. The van der Waals surface area contributed by atoms with Crippen LogP contribution in [0.5, 0.6) is 0 Å². The lowest BCUT2D eigenvalue weighted by atomic mass is 9.30. The highest BCUT2D eigenvalue weighted by molar-refractivity contribution is 6.30. The Labute approximate surface area is 256 Å². The van der Waals surface area contributed by atoms with Gasteiger partial charge < -0.3 is 4.74 Å². The predicted molar refractivity (Wildman–Crippen MR) is 164 cm³/mol. The van der Waals surface area contributed by atoms with E-state index in [0.29, 0.717) is 17.9 Å². The van der Waals surface area contributed by atoms with Crippen LogP contribution in [0.1, 0.15) is 112 Å². The number of benzene rings is 1. The number of Topliss-reactive ketones (excluding diaryl/α,β-unsaturated/α-hetero) is 1. The number of allylic oxidation sites excluding steroid dienone is 1. The van der Waals surface area contributed by atoms with E-state index in [9.17, 15) is 9.59 Å². The van der Waals surface area contributed by atoms with E-state index in [-0.39, 0.29) is 45.8 Å². The lowest BCUT2D eigenvalue weighted by Gasteiger charge is -2.74. The minimum Gasteiger partial charge on any atom is -0.455 e. The molecule has 0 aromatic heterocycles. The fourth-order valence-corrected chi connectivity index (χ4v) is 12.6. The van der Waals surface area contributed by atoms with Gasteiger partial charge >= 0.3 is 5.97 Å². The molecule has 1 saturated heterocycles. The summed E-state index contributed by atoms with van der Waals surface area (Å²) in [5, 5.41) is 0.673. The molecule has 228 valence electrons. The fraction of sp³-hybridized carbons (Fsp3) is 0.730. The van der Waals surface area contributed by atoms with Crippen LogP contribution < -0.4 is 0 Å². The van der Waals surface area contributed by atoms with Crippen LogP contribution in [0.4, 0.5) is 4.39 Å². The van der Waals surface area contributed by atoms with Crippen LogP contribution in [0, 0.1) is 50.2 Å². The number of carbonyl (C=O) groups is 2. The Morgan fingerprint density at radius 2 is 1.55 bits per heavy atom. The van der Waals surface area contributed by atoms with Crippen molar-refractivity contribution >= 4 is 29.4 Å². The second kappa shape index (κ2) is 8.52. The molecule has 5 heteroatoms. The van der Waals surface area contributed by atoms with Crippen molar-refractivity contribution in [2.75, 3.05) is 0 Å². The maximum atomic E-state index is 17.5. The van der Waals surface area contributed by atoms with Gasteiger partial charge in [-0.3, -0.25) is 9.59 Å². The number of carbonyl (C=O) groups excluding carboxylic acids is 2.